The molecular weight excluding hydrogens is 262 g/mol. The third-order valence-electron chi connectivity index (χ3n) is 4.23. The Morgan fingerprint density at radius 1 is 1.33 bits per heavy atom. The van der Waals surface area contributed by atoms with Crippen molar-refractivity contribution in [3.63, 3.8) is 0 Å². The van der Waals surface area contributed by atoms with Crippen LogP contribution in [0.1, 0.15) is 52.9 Å². The second-order valence-corrected chi connectivity index (χ2v) is 7.02. The largest absolute Gasteiger partial charge is 0.381 e. The maximum absolute atomic E-state index is 9.32. The van der Waals surface area contributed by atoms with E-state index >= 15 is 0 Å². The molecule has 1 atom stereocenters. The predicted octanol–water partition coefficient (Wildman–Crippen LogP) is 2.80. The van der Waals surface area contributed by atoms with Gasteiger partial charge in [0, 0.05) is 25.8 Å². The second kappa shape index (κ2) is 9.40. The Morgan fingerprint density at radius 3 is 2.57 bits per heavy atom. The van der Waals surface area contributed by atoms with Gasteiger partial charge in [-0.15, -0.1) is 0 Å². The van der Waals surface area contributed by atoms with E-state index in [9.17, 15) is 5.26 Å². The van der Waals surface area contributed by atoms with Crippen molar-refractivity contribution in [3.8, 4) is 6.07 Å². The molecule has 122 valence electrons. The smallest absolute Gasteiger partial charge is 0.104 e. The average Bonchev–Trinajstić information content (AvgIpc) is 2.44. The molecule has 0 radical (unpaired) electrons. The van der Waals surface area contributed by atoms with E-state index in [0.717, 1.165) is 44.9 Å². The Hall–Kier alpha value is -0.630. The summed E-state index contributed by atoms with van der Waals surface area (Å²) in [5.74, 6) is 0.802. The molecule has 1 saturated heterocycles. The lowest BCUT2D eigenvalue weighted by Crippen LogP contribution is -2.45. The number of hydrogen-bond acceptors (Lipinski definition) is 4. The Bertz CT molecular complexity index is 320. The third-order valence-corrected chi connectivity index (χ3v) is 4.23. The third kappa shape index (κ3) is 7.80. The van der Waals surface area contributed by atoms with E-state index in [1.165, 1.54) is 19.4 Å². The van der Waals surface area contributed by atoms with Crippen LogP contribution in [0.25, 0.3) is 0 Å². The highest BCUT2D eigenvalue weighted by molar-refractivity contribution is 5.04. The van der Waals surface area contributed by atoms with Crippen molar-refractivity contribution < 1.29 is 4.74 Å². The molecule has 1 rings (SSSR count). The number of ether oxygens (including phenoxy) is 1. The van der Waals surface area contributed by atoms with E-state index in [1.807, 2.05) is 6.92 Å². The van der Waals surface area contributed by atoms with Gasteiger partial charge in [-0.25, -0.2) is 0 Å². The molecule has 0 aromatic rings. The van der Waals surface area contributed by atoms with Crippen LogP contribution in [0.3, 0.4) is 0 Å². The number of nitrogens with one attached hydrogen (secondary N) is 1. The summed E-state index contributed by atoms with van der Waals surface area (Å²) in [6.07, 6.45) is 5.59. The zero-order valence-electron chi connectivity index (χ0n) is 14.3. The van der Waals surface area contributed by atoms with Gasteiger partial charge in [0.25, 0.3) is 0 Å². The number of nitrogens with zero attached hydrogens (tertiary/aromatic N) is 2. The van der Waals surface area contributed by atoms with Crippen LogP contribution in [0.5, 0.6) is 0 Å². The van der Waals surface area contributed by atoms with E-state index in [0.29, 0.717) is 6.04 Å². The minimum atomic E-state index is -0.382. The van der Waals surface area contributed by atoms with Gasteiger partial charge in [-0.2, -0.15) is 5.26 Å². The fraction of sp³-hybridized carbons (Fsp3) is 0.941. The predicted molar refractivity (Wildman–Crippen MR) is 87.2 cm³/mol. The number of unbranched alkanes of at least 4 members (excludes halogenated alkanes) is 1. The highest BCUT2D eigenvalue weighted by Gasteiger charge is 2.23. The maximum Gasteiger partial charge on any atom is 0.104 e. The lowest BCUT2D eigenvalue weighted by molar-refractivity contribution is 0.0555. The SMILES string of the molecule is CC(C)NC(C)(C#N)CCCCN(C)CC1CCOCC1. The zero-order valence-corrected chi connectivity index (χ0v) is 14.3. The minimum absolute atomic E-state index is 0.353. The van der Waals surface area contributed by atoms with Gasteiger partial charge in [-0.05, 0) is 72.4 Å². The van der Waals surface area contributed by atoms with E-state index in [-0.39, 0.29) is 5.54 Å². The minimum Gasteiger partial charge on any atom is -0.381 e. The zero-order chi connectivity index (χ0) is 15.7. The lowest BCUT2D eigenvalue weighted by Gasteiger charge is -2.28. The van der Waals surface area contributed by atoms with Gasteiger partial charge in [0.15, 0.2) is 0 Å². The first kappa shape index (κ1) is 18.4. The van der Waals surface area contributed by atoms with Crippen LogP contribution in [-0.4, -0.2) is 49.8 Å². The van der Waals surface area contributed by atoms with E-state index in [1.54, 1.807) is 0 Å². The summed E-state index contributed by atoms with van der Waals surface area (Å²) < 4.78 is 5.41. The second-order valence-electron chi connectivity index (χ2n) is 7.02. The van der Waals surface area contributed by atoms with Crippen molar-refractivity contribution in [2.45, 2.75) is 64.5 Å². The Morgan fingerprint density at radius 2 is 2.00 bits per heavy atom. The standard InChI is InChI=1S/C17H33N3O/c1-15(2)19-17(3,14-18)9-5-6-10-20(4)13-16-7-11-21-12-8-16/h15-16,19H,5-13H2,1-4H3. The number of nitriles is 1. The number of hydrogen-bond donors (Lipinski definition) is 1. The highest BCUT2D eigenvalue weighted by atomic mass is 16.5. The molecule has 0 aromatic carbocycles. The molecule has 21 heavy (non-hydrogen) atoms. The maximum atomic E-state index is 9.32. The monoisotopic (exact) mass is 295 g/mol. The molecule has 1 aliphatic rings. The number of rotatable bonds is 9. The van der Waals surface area contributed by atoms with Crippen LogP contribution in [0.4, 0.5) is 0 Å². The van der Waals surface area contributed by atoms with Crippen molar-refractivity contribution in [3.05, 3.63) is 0 Å². The molecule has 0 aromatic heterocycles. The summed E-state index contributed by atoms with van der Waals surface area (Å²) >= 11 is 0. The molecule has 4 nitrogen and oxygen atoms in total. The molecular formula is C17H33N3O. The van der Waals surface area contributed by atoms with Crippen molar-refractivity contribution in [1.29, 1.82) is 5.26 Å². The molecule has 0 saturated carbocycles. The summed E-state index contributed by atoms with van der Waals surface area (Å²) in [7, 11) is 2.21. The first-order valence-corrected chi connectivity index (χ1v) is 8.40. The van der Waals surface area contributed by atoms with Crippen molar-refractivity contribution in [1.82, 2.24) is 10.2 Å². The van der Waals surface area contributed by atoms with Gasteiger partial charge in [-0.3, -0.25) is 5.32 Å². The first-order chi connectivity index (χ1) is 9.95. The molecule has 1 fully saturated rings. The fourth-order valence-corrected chi connectivity index (χ4v) is 3.12. The van der Waals surface area contributed by atoms with Crippen molar-refractivity contribution in [2.75, 3.05) is 33.4 Å². The summed E-state index contributed by atoms with van der Waals surface area (Å²) in [6, 6.07) is 2.78. The average molecular weight is 295 g/mol. The normalized spacial score (nSPS) is 19.7. The van der Waals surface area contributed by atoms with E-state index in [2.05, 4.69) is 37.2 Å². The molecule has 1 heterocycles. The lowest BCUT2D eigenvalue weighted by atomic mass is 9.95. The topological polar surface area (TPSA) is 48.3 Å². The summed E-state index contributed by atoms with van der Waals surface area (Å²) in [5.41, 5.74) is -0.382. The van der Waals surface area contributed by atoms with Crippen LogP contribution < -0.4 is 5.32 Å². The van der Waals surface area contributed by atoms with Gasteiger partial charge in [-0.1, -0.05) is 0 Å². The molecule has 0 bridgehead atoms. The Labute approximate surface area is 130 Å². The highest BCUT2D eigenvalue weighted by Crippen LogP contribution is 2.17. The van der Waals surface area contributed by atoms with Crippen LogP contribution in [0, 0.1) is 17.2 Å². The molecule has 1 aliphatic heterocycles. The molecule has 0 aliphatic carbocycles. The van der Waals surface area contributed by atoms with Crippen LogP contribution in [0.15, 0.2) is 0 Å². The van der Waals surface area contributed by atoms with Crippen LogP contribution in [0.2, 0.25) is 0 Å². The first-order valence-electron chi connectivity index (χ1n) is 8.40. The van der Waals surface area contributed by atoms with E-state index < -0.39 is 0 Å². The summed E-state index contributed by atoms with van der Waals surface area (Å²) in [5, 5.41) is 12.7. The molecule has 1 unspecified atom stereocenters. The van der Waals surface area contributed by atoms with Crippen molar-refractivity contribution >= 4 is 0 Å². The Kier molecular flexibility index (Phi) is 8.24. The Balaban J connectivity index is 2.16. The van der Waals surface area contributed by atoms with Crippen LogP contribution >= 0.6 is 0 Å². The molecule has 4 heteroatoms. The van der Waals surface area contributed by atoms with Gasteiger partial charge in [0.2, 0.25) is 0 Å². The molecule has 0 amide bonds. The summed E-state index contributed by atoms with van der Waals surface area (Å²) in [4.78, 5) is 2.44. The quantitative estimate of drug-likeness (QED) is 0.665. The molecule has 0 spiro atoms. The fourth-order valence-electron chi connectivity index (χ4n) is 3.12. The van der Waals surface area contributed by atoms with Crippen molar-refractivity contribution in [2.24, 2.45) is 5.92 Å². The van der Waals surface area contributed by atoms with Gasteiger partial charge < -0.3 is 9.64 Å². The molecule has 1 N–H and O–H groups in total. The van der Waals surface area contributed by atoms with Gasteiger partial charge >= 0.3 is 0 Å². The van der Waals surface area contributed by atoms with E-state index in [4.69, 9.17) is 4.74 Å². The van der Waals surface area contributed by atoms with Gasteiger partial charge in [0.1, 0.15) is 5.54 Å². The van der Waals surface area contributed by atoms with Gasteiger partial charge in [0.05, 0.1) is 6.07 Å². The van der Waals surface area contributed by atoms with Crippen LogP contribution in [-0.2, 0) is 4.74 Å². The summed E-state index contributed by atoms with van der Waals surface area (Å²) in [6.45, 7) is 10.4.